The van der Waals surface area contributed by atoms with E-state index in [1.807, 2.05) is 36.4 Å². The van der Waals surface area contributed by atoms with Crippen molar-refractivity contribution in [3.63, 3.8) is 0 Å². The van der Waals surface area contributed by atoms with Crippen molar-refractivity contribution < 1.29 is 29.0 Å². The molecule has 0 bridgehead atoms. The molecule has 0 saturated carbocycles. The second-order valence-corrected chi connectivity index (χ2v) is 7.16. The minimum Gasteiger partial charge on any atom is -0.868 e. The molecule has 2 aromatic heterocycles. The van der Waals surface area contributed by atoms with E-state index in [-0.39, 0.29) is 24.6 Å². The summed E-state index contributed by atoms with van der Waals surface area (Å²) in [5.41, 5.74) is 4.91. The number of hydrogen-bond acceptors (Lipinski definition) is 3. The van der Waals surface area contributed by atoms with Gasteiger partial charge in [0.1, 0.15) is 5.01 Å². The predicted molar refractivity (Wildman–Crippen MR) is 104 cm³/mol. The topological polar surface area (TPSA) is 50.1 Å². The molecule has 0 aliphatic carbocycles. The van der Waals surface area contributed by atoms with Crippen LogP contribution in [0, 0.1) is 0 Å². The number of hydrogen-bond donors (Lipinski definition) is 0. The number of nitrogens with one attached hydrogen (secondary N) is 1. The molecule has 0 fully saturated rings. The van der Waals surface area contributed by atoms with Crippen molar-refractivity contribution in [2.24, 2.45) is 0 Å². The van der Waals surface area contributed by atoms with Gasteiger partial charge in [0.2, 0.25) is 5.52 Å². The third-order valence-electron chi connectivity index (χ3n) is 4.53. The molecule has 0 radical (unpaired) electrons. The number of pyridine rings is 1. The zero-order chi connectivity index (χ0) is 17.5. The van der Waals surface area contributed by atoms with Gasteiger partial charge in [-0.1, -0.05) is 48.5 Å². The number of benzene rings is 3. The molecule has 3 aromatic carbocycles. The Bertz CT molecular complexity index is 1220. The third-order valence-corrected chi connectivity index (χ3v) is 5.62. The van der Waals surface area contributed by atoms with Crippen molar-refractivity contribution in [2.75, 3.05) is 0 Å². The summed E-state index contributed by atoms with van der Waals surface area (Å²) in [6.07, 6.45) is 1.78. The first-order chi connectivity index (χ1) is 12.8. The largest absolute Gasteiger partial charge is 1.00 e. The first kappa shape index (κ1) is 17.8. The molecule has 0 spiro atoms. The summed E-state index contributed by atoms with van der Waals surface area (Å²) in [4.78, 5) is 7.78. The van der Waals surface area contributed by atoms with Crippen molar-refractivity contribution >= 4 is 32.5 Å². The smallest absolute Gasteiger partial charge is 0.868 e. The van der Waals surface area contributed by atoms with E-state index in [0.29, 0.717) is 5.52 Å². The summed E-state index contributed by atoms with van der Waals surface area (Å²) < 4.78 is 1.19. The Morgan fingerprint density at radius 3 is 2.41 bits per heavy atom. The van der Waals surface area contributed by atoms with E-state index in [1.54, 1.807) is 23.6 Å². The molecule has 5 aromatic rings. The maximum Gasteiger partial charge on any atom is 1.00 e. The Morgan fingerprint density at radius 1 is 0.815 bits per heavy atom. The Kier molecular flexibility index (Phi) is 4.71. The van der Waals surface area contributed by atoms with Gasteiger partial charge in [0.25, 0.3) is 0 Å². The molecule has 0 atom stereocenters. The van der Waals surface area contributed by atoms with Crippen LogP contribution in [0.2, 0.25) is 0 Å². The van der Waals surface area contributed by atoms with E-state index in [0.717, 1.165) is 32.6 Å². The summed E-state index contributed by atoms with van der Waals surface area (Å²) in [6.45, 7) is 0. The van der Waals surface area contributed by atoms with E-state index >= 15 is 0 Å². The van der Waals surface area contributed by atoms with Crippen LogP contribution in [0.4, 0.5) is 0 Å². The summed E-state index contributed by atoms with van der Waals surface area (Å²) >= 11 is 1.70. The van der Waals surface area contributed by atoms with Crippen molar-refractivity contribution in [3.8, 4) is 27.4 Å². The number of rotatable bonds is 2. The maximum absolute atomic E-state index is 12.0. The molecule has 1 N–H and O–H groups in total. The average Bonchev–Trinajstić information content (AvgIpc) is 3.13. The van der Waals surface area contributed by atoms with Crippen LogP contribution in [0.1, 0.15) is 0 Å². The van der Waals surface area contributed by atoms with Crippen LogP contribution in [0.3, 0.4) is 0 Å². The predicted octanol–water partition coefficient (Wildman–Crippen LogP) is 1.68. The summed E-state index contributed by atoms with van der Waals surface area (Å²) in [7, 11) is 0. The monoisotopic (exact) mass is 361 g/mol. The second-order valence-electron chi connectivity index (χ2n) is 6.13. The fraction of sp³-hybridized carbons (Fsp3) is 0. The first-order valence-corrected chi connectivity index (χ1v) is 9.18. The summed E-state index contributed by atoms with van der Waals surface area (Å²) in [5, 5.41) is 14.0. The Hall–Kier alpha value is -2.64. The minimum absolute atomic E-state index is 0. The maximum atomic E-state index is 12.0. The van der Waals surface area contributed by atoms with Gasteiger partial charge < -0.3 is 5.11 Å². The van der Waals surface area contributed by atoms with E-state index in [9.17, 15) is 5.11 Å². The van der Waals surface area contributed by atoms with E-state index in [1.165, 1.54) is 4.70 Å². The molecule has 27 heavy (non-hydrogen) atoms. The molecule has 0 saturated heterocycles. The van der Waals surface area contributed by atoms with Gasteiger partial charge in [-0.25, -0.2) is 9.97 Å². The number of fused-ring (bicyclic) bond motifs is 2. The van der Waals surface area contributed by atoms with Gasteiger partial charge in [-0.2, -0.15) is 0 Å². The molecule has 124 valence electrons. The van der Waals surface area contributed by atoms with Crippen LogP contribution in [0.5, 0.6) is 5.75 Å². The van der Waals surface area contributed by atoms with Crippen LogP contribution >= 0.6 is 11.3 Å². The van der Waals surface area contributed by atoms with E-state index in [2.05, 4.69) is 35.3 Å². The van der Waals surface area contributed by atoms with Crippen LogP contribution in [0.25, 0.3) is 42.8 Å². The number of aromatic amines is 1. The van der Waals surface area contributed by atoms with Gasteiger partial charge in [-0.15, -0.1) is 11.3 Å². The number of H-pyrrole nitrogens is 1. The van der Waals surface area contributed by atoms with Crippen molar-refractivity contribution in [1.29, 1.82) is 0 Å². The van der Waals surface area contributed by atoms with Gasteiger partial charge in [-0.3, -0.25) is 0 Å². The third kappa shape index (κ3) is 3.13. The van der Waals surface area contributed by atoms with Crippen LogP contribution in [-0.2, 0) is 0 Å². The molecule has 2 heterocycles. The second kappa shape index (κ2) is 7.17. The van der Waals surface area contributed by atoms with Gasteiger partial charge >= 0.3 is 18.9 Å². The molecule has 5 rings (SSSR count). The van der Waals surface area contributed by atoms with Gasteiger partial charge in [0.15, 0.2) is 6.20 Å². The normalized spacial score (nSPS) is 10.8. The SMILES string of the molecule is [Li+].[O-]c1ccc(-c2ccc(-c3nc4ccccc4s3)cc2)c2ccc[nH+]c12. The fourth-order valence-corrected chi connectivity index (χ4v) is 4.21. The summed E-state index contributed by atoms with van der Waals surface area (Å²) in [6, 6.07) is 24.0. The standard InChI is InChI=1S/C22H14N2OS.Li/c25-19-12-11-16(17-4-3-13-23-21(17)19)14-7-9-15(10-8-14)22-24-18-5-1-2-6-20(18)26-22;/h1-13,25H;/q;+1. The quantitative estimate of drug-likeness (QED) is 0.449. The molecule has 0 aliphatic heterocycles. The van der Waals surface area contributed by atoms with Crippen molar-refractivity contribution in [1.82, 2.24) is 4.98 Å². The molecular formula is C22H14LiN2OS+. The molecule has 0 aliphatic rings. The molecule has 3 nitrogen and oxygen atoms in total. The molecule has 5 heteroatoms. The summed E-state index contributed by atoms with van der Waals surface area (Å²) in [5.74, 6) is 0.00967. The van der Waals surface area contributed by atoms with E-state index in [4.69, 9.17) is 4.98 Å². The number of aromatic nitrogens is 2. The molecule has 0 amide bonds. The van der Waals surface area contributed by atoms with Gasteiger partial charge in [-0.05, 0) is 35.1 Å². The van der Waals surface area contributed by atoms with Crippen molar-refractivity contribution in [2.45, 2.75) is 0 Å². The van der Waals surface area contributed by atoms with Crippen molar-refractivity contribution in [3.05, 3.63) is 79.0 Å². The van der Waals surface area contributed by atoms with E-state index < -0.39 is 0 Å². The first-order valence-electron chi connectivity index (χ1n) is 8.36. The fourth-order valence-electron chi connectivity index (χ4n) is 3.24. The van der Waals surface area contributed by atoms with Gasteiger partial charge in [0, 0.05) is 11.6 Å². The molecule has 0 unspecified atom stereocenters. The Morgan fingerprint density at radius 2 is 1.59 bits per heavy atom. The van der Waals surface area contributed by atoms with Crippen LogP contribution in [-0.4, -0.2) is 4.98 Å². The zero-order valence-electron chi connectivity index (χ0n) is 14.8. The molecular weight excluding hydrogens is 347 g/mol. The number of para-hydroxylation sites is 1. The number of nitrogens with zero attached hydrogens (tertiary/aromatic N) is 1. The van der Waals surface area contributed by atoms with Gasteiger partial charge in [0.05, 0.1) is 15.6 Å². The minimum atomic E-state index is 0. The average molecular weight is 361 g/mol. The van der Waals surface area contributed by atoms with Crippen LogP contribution in [0.15, 0.2) is 79.0 Å². The Labute approximate surface area is 172 Å². The zero-order valence-corrected chi connectivity index (χ0v) is 15.6. The van der Waals surface area contributed by atoms with Crippen LogP contribution < -0.4 is 29.0 Å². The Balaban J connectivity index is 0.00000180. The number of thiazole rings is 1.